The standard InChI is InChI=1S/C41H49N3O6/c42-21-10-3-11-23-45-30-37-38(47-29-33-17-12-22-43-25-33)39(48-27-31-13-4-1-5-14-31)40(49-28-32-15-6-2-7-16-32)41(50-37)46-24-20-34-26-44-36-19-9-8-18-35(34)36/h1-2,4-9,12-19,22,25-26,37-41,44H,3,10-11,20-21,23-24,27-30,42H2/t37-,38-,39+,40-,41-/m1/s1. The molecule has 1 fully saturated rings. The number of para-hydroxylation sites is 1. The van der Waals surface area contributed by atoms with Crippen LogP contribution in [0.1, 0.15) is 41.5 Å². The van der Waals surface area contributed by atoms with E-state index in [9.17, 15) is 0 Å². The SMILES string of the molecule is NCCCCCOC[C@H]1O[C@@H](OCCc2c[nH]c3ccccc23)[C@H](OCc2ccccc2)[C@@H](OCc2ccccc2)[C@@H]1OCc1cccnc1. The maximum atomic E-state index is 6.80. The van der Waals surface area contributed by atoms with Crippen molar-refractivity contribution in [3.05, 3.63) is 138 Å². The van der Waals surface area contributed by atoms with E-state index >= 15 is 0 Å². The molecule has 2 aromatic heterocycles. The Hall–Kier alpha value is -3.93. The Labute approximate surface area is 295 Å². The van der Waals surface area contributed by atoms with Crippen molar-refractivity contribution in [2.24, 2.45) is 5.73 Å². The summed E-state index contributed by atoms with van der Waals surface area (Å²) in [7, 11) is 0. The lowest BCUT2D eigenvalue weighted by Gasteiger charge is -2.46. The Morgan fingerprint density at radius 2 is 1.34 bits per heavy atom. The molecule has 0 saturated carbocycles. The molecule has 3 aromatic carbocycles. The number of pyridine rings is 1. The molecule has 1 aliphatic rings. The van der Waals surface area contributed by atoms with Crippen LogP contribution in [0, 0.1) is 0 Å². The van der Waals surface area contributed by atoms with Gasteiger partial charge in [-0.05, 0) is 66.6 Å². The van der Waals surface area contributed by atoms with Gasteiger partial charge in [-0.25, -0.2) is 0 Å². The van der Waals surface area contributed by atoms with Crippen molar-refractivity contribution in [3.8, 4) is 0 Å². The fourth-order valence-corrected chi connectivity index (χ4v) is 6.27. The predicted octanol–water partition coefficient (Wildman–Crippen LogP) is 6.75. The van der Waals surface area contributed by atoms with E-state index in [2.05, 4.69) is 46.5 Å². The fourth-order valence-electron chi connectivity index (χ4n) is 6.27. The van der Waals surface area contributed by atoms with Crippen LogP contribution >= 0.6 is 0 Å². The molecule has 3 heterocycles. The monoisotopic (exact) mass is 679 g/mol. The molecule has 0 amide bonds. The van der Waals surface area contributed by atoms with E-state index in [4.69, 9.17) is 34.2 Å². The Morgan fingerprint density at radius 1 is 0.660 bits per heavy atom. The van der Waals surface area contributed by atoms with Crippen LogP contribution in [0.4, 0.5) is 0 Å². The Kier molecular flexibility index (Phi) is 14.0. The summed E-state index contributed by atoms with van der Waals surface area (Å²) in [6, 6.07) is 32.5. The molecule has 0 aliphatic carbocycles. The predicted molar refractivity (Wildman–Crippen MR) is 193 cm³/mol. The van der Waals surface area contributed by atoms with Gasteiger partial charge in [0.2, 0.25) is 0 Å². The maximum Gasteiger partial charge on any atom is 0.186 e. The van der Waals surface area contributed by atoms with Gasteiger partial charge in [0.05, 0.1) is 33.0 Å². The van der Waals surface area contributed by atoms with Gasteiger partial charge in [0.1, 0.15) is 24.4 Å². The zero-order valence-corrected chi connectivity index (χ0v) is 28.6. The lowest BCUT2D eigenvalue weighted by molar-refractivity contribution is -0.328. The minimum absolute atomic E-state index is 0.319. The van der Waals surface area contributed by atoms with Crippen molar-refractivity contribution in [2.45, 2.75) is 76.2 Å². The van der Waals surface area contributed by atoms with Crippen LogP contribution in [0.15, 0.2) is 116 Å². The van der Waals surface area contributed by atoms with Gasteiger partial charge in [0.25, 0.3) is 0 Å². The lowest BCUT2D eigenvalue weighted by atomic mass is 9.97. The number of unbranched alkanes of at least 4 members (excludes halogenated alkanes) is 2. The minimum atomic E-state index is -0.728. The van der Waals surface area contributed by atoms with Gasteiger partial charge in [-0.3, -0.25) is 4.98 Å². The third-order valence-electron chi connectivity index (χ3n) is 8.93. The summed E-state index contributed by atoms with van der Waals surface area (Å²) in [4.78, 5) is 7.66. The quantitative estimate of drug-likeness (QED) is 0.0870. The third kappa shape index (κ3) is 10.3. The molecule has 0 unspecified atom stereocenters. The summed E-state index contributed by atoms with van der Waals surface area (Å²) >= 11 is 0. The number of aromatic nitrogens is 2. The molecular weight excluding hydrogens is 630 g/mol. The highest BCUT2D eigenvalue weighted by Gasteiger charge is 2.49. The van der Waals surface area contributed by atoms with E-state index in [1.54, 1.807) is 6.20 Å². The summed E-state index contributed by atoms with van der Waals surface area (Å²) in [6.07, 6.45) is 6.38. The summed E-state index contributed by atoms with van der Waals surface area (Å²) in [5, 5.41) is 1.19. The number of nitrogens with zero attached hydrogens (tertiary/aromatic N) is 1. The van der Waals surface area contributed by atoms with E-state index in [1.807, 2.05) is 72.9 Å². The molecule has 3 N–H and O–H groups in total. The fraction of sp³-hybridized carbons (Fsp3) is 0.390. The Bertz CT molecular complexity index is 1650. The zero-order valence-electron chi connectivity index (χ0n) is 28.6. The Balaban J connectivity index is 1.26. The van der Waals surface area contributed by atoms with Crippen LogP contribution in [-0.2, 0) is 54.7 Å². The highest BCUT2D eigenvalue weighted by Crippen LogP contribution is 2.32. The van der Waals surface area contributed by atoms with Gasteiger partial charge in [-0.2, -0.15) is 0 Å². The average molecular weight is 680 g/mol. The molecule has 6 rings (SSSR count). The van der Waals surface area contributed by atoms with Gasteiger partial charge in [-0.15, -0.1) is 0 Å². The molecule has 5 atom stereocenters. The van der Waals surface area contributed by atoms with Gasteiger partial charge < -0.3 is 39.1 Å². The number of nitrogens with one attached hydrogen (secondary N) is 1. The average Bonchev–Trinajstić information content (AvgIpc) is 3.58. The molecule has 0 spiro atoms. The summed E-state index contributed by atoms with van der Waals surface area (Å²) in [5.74, 6) is 0. The van der Waals surface area contributed by atoms with Crippen LogP contribution in [-0.4, -0.2) is 67.0 Å². The summed E-state index contributed by atoms with van der Waals surface area (Å²) < 4.78 is 39.8. The molecule has 1 saturated heterocycles. The first-order chi connectivity index (χ1) is 24.8. The van der Waals surface area contributed by atoms with Crippen molar-refractivity contribution in [2.75, 3.05) is 26.4 Å². The first-order valence-electron chi connectivity index (χ1n) is 17.7. The zero-order chi connectivity index (χ0) is 34.2. The molecule has 264 valence electrons. The largest absolute Gasteiger partial charge is 0.379 e. The molecule has 1 aliphatic heterocycles. The highest BCUT2D eigenvalue weighted by molar-refractivity contribution is 5.83. The molecule has 50 heavy (non-hydrogen) atoms. The molecule has 9 nitrogen and oxygen atoms in total. The van der Waals surface area contributed by atoms with Gasteiger partial charge >= 0.3 is 0 Å². The van der Waals surface area contributed by atoms with E-state index in [1.165, 1.54) is 10.9 Å². The summed E-state index contributed by atoms with van der Waals surface area (Å²) in [5.41, 5.74) is 11.0. The van der Waals surface area contributed by atoms with Gasteiger partial charge in [0.15, 0.2) is 6.29 Å². The van der Waals surface area contributed by atoms with Crippen LogP contribution in [0.25, 0.3) is 10.9 Å². The molecular formula is C41H49N3O6. The number of fused-ring (bicyclic) bond motifs is 1. The molecule has 5 aromatic rings. The number of benzene rings is 3. The van der Waals surface area contributed by atoms with Crippen molar-refractivity contribution in [1.29, 1.82) is 0 Å². The molecule has 0 bridgehead atoms. The van der Waals surface area contributed by atoms with Crippen LogP contribution in [0.3, 0.4) is 0 Å². The third-order valence-corrected chi connectivity index (χ3v) is 8.93. The van der Waals surface area contributed by atoms with E-state index in [0.29, 0.717) is 52.6 Å². The second-order valence-electron chi connectivity index (χ2n) is 12.6. The number of hydrogen-bond acceptors (Lipinski definition) is 8. The molecule has 0 radical (unpaired) electrons. The number of nitrogens with two attached hydrogens (primary N) is 1. The van der Waals surface area contributed by atoms with E-state index in [0.717, 1.165) is 41.5 Å². The lowest BCUT2D eigenvalue weighted by Crippen LogP contribution is -2.61. The van der Waals surface area contributed by atoms with E-state index in [-0.39, 0.29) is 0 Å². The second kappa shape index (κ2) is 19.5. The normalized spacial score (nSPS) is 20.7. The van der Waals surface area contributed by atoms with Crippen molar-refractivity contribution >= 4 is 10.9 Å². The first-order valence-corrected chi connectivity index (χ1v) is 17.7. The van der Waals surface area contributed by atoms with Crippen molar-refractivity contribution in [1.82, 2.24) is 9.97 Å². The van der Waals surface area contributed by atoms with Gasteiger partial charge in [0, 0.05) is 36.1 Å². The number of aromatic amines is 1. The number of rotatable bonds is 20. The van der Waals surface area contributed by atoms with Crippen molar-refractivity contribution < 1.29 is 28.4 Å². The second-order valence-corrected chi connectivity index (χ2v) is 12.6. The molecule has 9 heteroatoms. The first kappa shape index (κ1) is 35.9. The topological polar surface area (TPSA) is 110 Å². The number of H-pyrrole nitrogens is 1. The smallest absolute Gasteiger partial charge is 0.186 e. The van der Waals surface area contributed by atoms with E-state index < -0.39 is 30.7 Å². The maximum absolute atomic E-state index is 6.80. The van der Waals surface area contributed by atoms with Crippen LogP contribution < -0.4 is 5.73 Å². The van der Waals surface area contributed by atoms with Crippen LogP contribution in [0.2, 0.25) is 0 Å². The number of ether oxygens (including phenoxy) is 6. The minimum Gasteiger partial charge on any atom is -0.379 e. The summed E-state index contributed by atoms with van der Waals surface area (Å²) in [6.45, 7) is 3.09. The van der Waals surface area contributed by atoms with Crippen molar-refractivity contribution in [3.63, 3.8) is 0 Å². The van der Waals surface area contributed by atoms with Gasteiger partial charge in [-0.1, -0.05) is 84.9 Å². The van der Waals surface area contributed by atoms with Crippen LogP contribution in [0.5, 0.6) is 0 Å². The highest BCUT2D eigenvalue weighted by atomic mass is 16.7. The number of hydrogen-bond donors (Lipinski definition) is 2. The Morgan fingerprint density at radius 3 is 2.08 bits per heavy atom.